The minimum Gasteiger partial charge on any atom is -0.383 e. The van der Waals surface area contributed by atoms with Gasteiger partial charge in [0.05, 0.1) is 37.2 Å². The van der Waals surface area contributed by atoms with Gasteiger partial charge in [0.25, 0.3) is 0 Å². The van der Waals surface area contributed by atoms with Crippen LogP contribution in [-0.2, 0) is 9.53 Å². The Kier molecular flexibility index (Phi) is 4.70. The van der Waals surface area contributed by atoms with E-state index in [1.165, 1.54) is 11.2 Å². The van der Waals surface area contributed by atoms with E-state index in [1.807, 2.05) is 0 Å². The first-order valence-corrected chi connectivity index (χ1v) is 8.66. The molecule has 0 aliphatic carbocycles. The summed E-state index contributed by atoms with van der Waals surface area (Å²) in [4.78, 5) is 26.7. The highest BCUT2D eigenvalue weighted by Crippen LogP contribution is 2.32. The van der Waals surface area contributed by atoms with E-state index in [0.717, 1.165) is 0 Å². The van der Waals surface area contributed by atoms with Crippen molar-refractivity contribution >= 4 is 17.5 Å². The van der Waals surface area contributed by atoms with Crippen LogP contribution >= 0.6 is 0 Å². The van der Waals surface area contributed by atoms with E-state index in [-0.39, 0.29) is 18.3 Å². The SMILES string of the molecule is COCCN1C(=O)CNc2ncc(-c3ccc(-c4nc[nH]n4)c(F)c3C)nc21. The van der Waals surface area contributed by atoms with E-state index in [4.69, 9.17) is 4.74 Å². The largest absolute Gasteiger partial charge is 0.383 e. The predicted octanol–water partition coefficient (Wildman–Crippen LogP) is 1.78. The molecule has 3 heterocycles. The summed E-state index contributed by atoms with van der Waals surface area (Å²) in [6, 6.07) is 3.35. The molecular weight excluding hydrogens is 365 g/mol. The molecule has 1 amide bonds. The number of methoxy groups -OCH3 is 1. The first-order chi connectivity index (χ1) is 13.6. The number of carbonyl (C=O) groups excluding carboxylic acids is 1. The van der Waals surface area contributed by atoms with Gasteiger partial charge in [0.1, 0.15) is 12.1 Å². The highest BCUT2D eigenvalue weighted by Gasteiger charge is 2.27. The number of carbonyl (C=O) groups is 1. The Labute approximate surface area is 160 Å². The Morgan fingerprint density at radius 3 is 2.86 bits per heavy atom. The standard InChI is InChI=1S/C18H18FN7O2/c1-10-11(3-4-12(15(10)19)16-22-9-23-25-16)13-7-20-17-18(24-13)26(5-6-28-2)14(27)8-21-17/h3-4,7,9H,5-6,8H2,1-2H3,(H,20,21)(H,22,23,25). The number of nitrogens with zero attached hydrogens (tertiary/aromatic N) is 5. The Hall–Kier alpha value is -3.40. The lowest BCUT2D eigenvalue weighted by atomic mass is 10.0. The molecule has 3 aromatic rings. The van der Waals surface area contributed by atoms with Gasteiger partial charge in [-0.3, -0.25) is 14.8 Å². The van der Waals surface area contributed by atoms with Gasteiger partial charge in [-0.15, -0.1) is 0 Å². The fourth-order valence-electron chi connectivity index (χ4n) is 3.08. The lowest BCUT2D eigenvalue weighted by Gasteiger charge is -2.28. The number of fused-ring (bicyclic) bond motifs is 1. The second-order valence-corrected chi connectivity index (χ2v) is 6.24. The van der Waals surface area contributed by atoms with Gasteiger partial charge in [-0.25, -0.2) is 19.3 Å². The third-order valence-electron chi connectivity index (χ3n) is 4.56. The van der Waals surface area contributed by atoms with Gasteiger partial charge in [0.2, 0.25) is 5.91 Å². The van der Waals surface area contributed by atoms with Crippen molar-refractivity contribution < 1.29 is 13.9 Å². The highest BCUT2D eigenvalue weighted by molar-refractivity contribution is 6.00. The van der Waals surface area contributed by atoms with Gasteiger partial charge < -0.3 is 10.1 Å². The number of H-pyrrole nitrogens is 1. The van der Waals surface area contributed by atoms with Crippen molar-refractivity contribution in [3.05, 3.63) is 36.0 Å². The first kappa shape index (κ1) is 18.0. The van der Waals surface area contributed by atoms with E-state index in [9.17, 15) is 9.18 Å². The maximum absolute atomic E-state index is 14.9. The summed E-state index contributed by atoms with van der Waals surface area (Å²) < 4.78 is 20.0. The molecule has 0 radical (unpaired) electrons. The molecule has 4 rings (SSSR count). The third kappa shape index (κ3) is 3.07. The Morgan fingerprint density at radius 1 is 1.29 bits per heavy atom. The molecule has 28 heavy (non-hydrogen) atoms. The summed E-state index contributed by atoms with van der Waals surface area (Å²) in [6.45, 7) is 2.53. The highest BCUT2D eigenvalue weighted by atomic mass is 19.1. The number of hydrogen-bond donors (Lipinski definition) is 2. The van der Waals surface area contributed by atoms with Crippen LogP contribution in [0, 0.1) is 12.7 Å². The van der Waals surface area contributed by atoms with Gasteiger partial charge in [0, 0.05) is 12.7 Å². The number of aromatic nitrogens is 5. The first-order valence-electron chi connectivity index (χ1n) is 8.66. The number of aromatic amines is 1. The van der Waals surface area contributed by atoms with Crippen LogP contribution in [0.25, 0.3) is 22.6 Å². The number of benzene rings is 1. The van der Waals surface area contributed by atoms with Crippen LogP contribution in [0.2, 0.25) is 0 Å². The number of hydrogen-bond acceptors (Lipinski definition) is 7. The zero-order chi connectivity index (χ0) is 19.7. The molecule has 9 nitrogen and oxygen atoms in total. The molecule has 2 N–H and O–H groups in total. The molecular formula is C18H18FN7O2. The number of halogens is 1. The number of anilines is 2. The smallest absolute Gasteiger partial charge is 0.247 e. The number of nitrogens with one attached hydrogen (secondary N) is 2. The van der Waals surface area contributed by atoms with Crippen LogP contribution in [0.1, 0.15) is 5.56 Å². The average molecular weight is 383 g/mol. The Balaban J connectivity index is 1.76. The summed E-state index contributed by atoms with van der Waals surface area (Å²) >= 11 is 0. The molecule has 0 bridgehead atoms. The van der Waals surface area contributed by atoms with Gasteiger partial charge >= 0.3 is 0 Å². The molecule has 0 saturated carbocycles. The molecule has 1 aliphatic rings. The molecule has 0 spiro atoms. The lowest BCUT2D eigenvalue weighted by molar-refractivity contribution is -0.117. The molecule has 1 aromatic carbocycles. The minimum absolute atomic E-state index is 0.126. The van der Waals surface area contributed by atoms with E-state index in [0.29, 0.717) is 47.2 Å². The maximum Gasteiger partial charge on any atom is 0.247 e. The Morgan fingerprint density at radius 2 is 2.11 bits per heavy atom. The van der Waals surface area contributed by atoms with Crippen LogP contribution in [0.4, 0.5) is 16.0 Å². The van der Waals surface area contributed by atoms with Crippen LogP contribution in [-0.4, -0.2) is 57.9 Å². The van der Waals surface area contributed by atoms with Crippen molar-refractivity contribution in [3.63, 3.8) is 0 Å². The van der Waals surface area contributed by atoms with Crippen LogP contribution in [0.3, 0.4) is 0 Å². The molecule has 2 aromatic heterocycles. The topological polar surface area (TPSA) is 109 Å². The molecule has 144 valence electrons. The van der Waals surface area contributed by atoms with Crippen molar-refractivity contribution in [2.75, 3.05) is 37.0 Å². The molecule has 10 heteroatoms. The fraction of sp³-hybridized carbons (Fsp3) is 0.278. The minimum atomic E-state index is -0.429. The second kappa shape index (κ2) is 7.31. The van der Waals surface area contributed by atoms with E-state index >= 15 is 0 Å². The van der Waals surface area contributed by atoms with Crippen LogP contribution in [0.15, 0.2) is 24.7 Å². The van der Waals surface area contributed by atoms with Gasteiger partial charge in [-0.05, 0) is 18.6 Å². The van der Waals surface area contributed by atoms with E-state index in [2.05, 4.69) is 30.5 Å². The quantitative estimate of drug-likeness (QED) is 0.691. The average Bonchev–Trinajstić information content (AvgIpc) is 3.23. The summed E-state index contributed by atoms with van der Waals surface area (Å²) in [6.07, 6.45) is 2.95. The fourth-order valence-corrected chi connectivity index (χ4v) is 3.08. The third-order valence-corrected chi connectivity index (χ3v) is 4.56. The monoisotopic (exact) mass is 383 g/mol. The normalized spacial score (nSPS) is 13.4. The van der Waals surface area contributed by atoms with Crippen molar-refractivity contribution in [2.45, 2.75) is 6.92 Å². The van der Waals surface area contributed by atoms with Crippen molar-refractivity contribution in [1.82, 2.24) is 25.1 Å². The summed E-state index contributed by atoms with van der Waals surface area (Å²) in [5.74, 6) is 0.642. The zero-order valence-corrected chi connectivity index (χ0v) is 15.4. The summed E-state index contributed by atoms with van der Waals surface area (Å²) in [5, 5.41) is 9.45. The van der Waals surface area contributed by atoms with Crippen molar-refractivity contribution in [2.24, 2.45) is 0 Å². The van der Waals surface area contributed by atoms with Crippen LogP contribution in [0.5, 0.6) is 0 Å². The number of ether oxygens (including phenoxy) is 1. The number of rotatable bonds is 5. The molecule has 1 aliphatic heterocycles. The van der Waals surface area contributed by atoms with Crippen LogP contribution < -0.4 is 10.2 Å². The van der Waals surface area contributed by atoms with Crippen molar-refractivity contribution in [3.8, 4) is 22.6 Å². The summed E-state index contributed by atoms with van der Waals surface area (Å²) in [5.41, 5.74) is 1.74. The summed E-state index contributed by atoms with van der Waals surface area (Å²) in [7, 11) is 1.57. The van der Waals surface area contributed by atoms with E-state index < -0.39 is 5.82 Å². The molecule has 0 fully saturated rings. The molecule has 0 atom stereocenters. The molecule has 0 unspecified atom stereocenters. The van der Waals surface area contributed by atoms with Gasteiger partial charge in [-0.2, -0.15) is 5.10 Å². The van der Waals surface area contributed by atoms with E-state index in [1.54, 1.807) is 32.4 Å². The maximum atomic E-state index is 14.9. The zero-order valence-electron chi connectivity index (χ0n) is 15.4. The van der Waals surface area contributed by atoms with Gasteiger partial charge in [-0.1, -0.05) is 6.07 Å². The predicted molar refractivity (Wildman–Crippen MR) is 100 cm³/mol. The Bertz CT molecular complexity index is 1020. The van der Waals surface area contributed by atoms with Crippen molar-refractivity contribution in [1.29, 1.82) is 0 Å². The van der Waals surface area contributed by atoms with Gasteiger partial charge in [0.15, 0.2) is 17.5 Å². The second-order valence-electron chi connectivity index (χ2n) is 6.24. The number of amides is 1. The molecule has 0 saturated heterocycles. The lowest BCUT2D eigenvalue weighted by Crippen LogP contribution is -2.42.